The van der Waals surface area contributed by atoms with Gasteiger partial charge < -0.3 is 30.8 Å². The number of nitrogens with one attached hydrogen (secondary N) is 1. The van der Waals surface area contributed by atoms with Crippen molar-refractivity contribution < 1.29 is 30.3 Å². The lowest BCUT2D eigenvalue weighted by atomic mass is 10.0. The summed E-state index contributed by atoms with van der Waals surface area (Å²) in [6.45, 7) is 0.665. The average molecular weight is 237 g/mol. The Bertz CT molecular complexity index is 212. The van der Waals surface area contributed by atoms with Crippen LogP contribution in [0.4, 0.5) is 0 Å². The van der Waals surface area contributed by atoms with E-state index in [4.69, 9.17) is 10.2 Å². The van der Waals surface area contributed by atoms with Gasteiger partial charge >= 0.3 is 0 Å². The molecule has 4 atom stereocenters. The molecule has 16 heavy (non-hydrogen) atoms. The molecule has 96 valence electrons. The van der Waals surface area contributed by atoms with Gasteiger partial charge in [0.05, 0.1) is 12.7 Å². The fourth-order valence-electron chi connectivity index (χ4n) is 1.03. The maximum absolute atomic E-state index is 10.8. The lowest BCUT2D eigenvalue weighted by Crippen LogP contribution is -2.49. The van der Waals surface area contributed by atoms with Gasteiger partial charge in [-0.2, -0.15) is 0 Å². The fraction of sp³-hybridized carbons (Fsp3) is 0.889. The first-order valence-electron chi connectivity index (χ1n) is 5.03. The van der Waals surface area contributed by atoms with E-state index in [-0.39, 0.29) is 18.9 Å². The van der Waals surface area contributed by atoms with Crippen LogP contribution in [0.25, 0.3) is 0 Å². The summed E-state index contributed by atoms with van der Waals surface area (Å²) in [5, 5.41) is 47.8. The van der Waals surface area contributed by atoms with Gasteiger partial charge in [-0.05, 0) is 0 Å². The van der Waals surface area contributed by atoms with Crippen molar-refractivity contribution in [1.29, 1.82) is 0 Å². The van der Waals surface area contributed by atoms with Crippen LogP contribution >= 0.6 is 0 Å². The Hall–Kier alpha value is -0.730. The first-order valence-corrected chi connectivity index (χ1v) is 5.03. The molecule has 0 aliphatic carbocycles. The van der Waals surface area contributed by atoms with Gasteiger partial charge in [-0.25, -0.2) is 0 Å². The molecule has 0 aromatic heterocycles. The van der Waals surface area contributed by atoms with Gasteiger partial charge in [0.2, 0.25) is 5.91 Å². The highest BCUT2D eigenvalue weighted by molar-refractivity contribution is 5.75. The molecular weight excluding hydrogens is 218 g/mol. The largest absolute Gasteiger partial charge is 0.394 e. The van der Waals surface area contributed by atoms with Gasteiger partial charge in [-0.3, -0.25) is 4.79 Å². The second-order valence-electron chi connectivity index (χ2n) is 3.46. The molecule has 1 unspecified atom stereocenters. The Morgan fingerprint density at radius 3 is 2.06 bits per heavy atom. The third-order valence-corrected chi connectivity index (χ3v) is 2.15. The lowest BCUT2D eigenvalue weighted by Gasteiger charge is -2.25. The zero-order valence-electron chi connectivity index (χ0n) is 9.08. The van der Waals surface area contributed by atoms with Crippen LogP contribution in [-0.4, -0.2) is 69.0 Å². The minimum Gasteiger partial charge on any atom is -0.394 e. The Kier molecular flexibility index (Phi) is 7.18. The van der Waals surface area contributed by atoms with E-state index in [0.29, 0.717) is 0 Å². The topological polar surface area (TPSA) is 130 Å². The first kappa shape index (κ1) is 15.3. The van der Waals surface area contributed by atoms with Gasteiger partial charge in [0.1, 0.15) is 18.3 Å². The van der Waals surface area contributed by atoms with Crippen molar-refractivity contribution in [2.45, 2.75) is 37.8 Å². The summed E-state index contributed by atoms with van der Waals surface area (Å²) in [5.41, 5.74) is 0. The van der Waals surface area contributed by atoms with Crippen LogP contribution in [0.2, 0.25) is 0 Å². The molecule has 0 heterocycles. The normalized spacial score (nSPS) is 18.6. The van der Waals surface area contributed by atoms with Crippen LogP contribution in [0.5, 0.6) is 0 Å². The number of carbonyl (C=O) groups excluding carboxylic acids is 1. The molecule has 0 aromatic rings. The smallest absolute Gasteiger partial charge is 0.219 e. The van der Waals surface area contributed by atoms with E-state index in [1.807, 2.05) is 0 Å². The number of hydrogen-bond acceptors (Lipinski definition) is 6. The molecule has 0 spiro atoms. The molecule has 0 bridgehead atoms. The summed E-state index contributed by atoms with van der Waals surface area (Å²) in [7, 11) is 0. The maximum Gasteiger partial charge on any atom is 0.219 e. The highest BCUT2D eigenvalue weighted by Crippen LogP contribution is 2.04. The quantitative estimate of drug-likeness (QED) is 0.279. The number of hydrogen-bond donors (Lipinski definition) is 6. The zero-order valence-corrected chi connectivity index (χ0v) is 9.08. The van der Waals surface area contributed by atoms with Gasteiger partial charge in [0.25, 0.3) is 0 Å². The van der Waals surface area contributed by atoms with E-state index in [9.17, 15) is 20.1 Å². The molecule has 0 fully saturated rings. The van der Waals surface area contributed by atoms with Crippen molar-refractivity contribution in [3.05, 3.63) is 0 Å². The second kappa shape index (κ2) is 7.53. The van der Waals surface area contributed by atoms with Crippen LogP contribution in [0.15, 0.2) is 0 Å². The number of amides is 1. The summed E-state index contributed by atoms with van der Waals surface area (Å²) >= 11 is 0. The van der Waals surface area contributed by atoms with Crippen LogP contribution in [0.1, 0.15) is 13.3 Å². The first-order chi connectivity index (χ1) is 7.43. The molecule has 0 saturated carbocycles. The Balaban J connectivity index is 4.06. The van der Waals surface area contributed by atoms with E-state index >= 15 is 0 Å². The second-order valence-corrected chi connectivity index (χ2v) is 3.46. The molecule has 0 radical (unpaired) electrons. The van der Waals surface area contributed by atoms with Gasteiger partial charge in [0, 0.05) is 13.0 Å². The molecule has 0 rings (SSSR count). The van der Waals surface area contributed by atoms with E-state index < -0.39 is 31.0 Å². The molecule has 7 heteroatoms. The predicted molar refractivity (Wildman–Crippen MR) is 54.4 cm³/mol. The van der Waals surface area contributed by atoms with Gasteiger partial charge in [0.15, 0.2) is 0 Å². The molecular formula is C9H19NO6. The fourth-order valence-corrected chi connectivity index (χ4v) is 1.03. The SMILES string of the molecule is CCC(=O)NC[C@H](O)[C@@H](O)[C@H](O)C(O)CO. The van der Waals surface area contributed by atoms with Crippen molar-refractivity contribution in [2.75, 3.05) is 13.2 Å². The number of aliphatic hydroxyl groups is 5. The molecule has 0 saturated heterocycles. The summed E-state index contributed by atoms with van der Waals surface area (Å²) in [6.07, 6.45) is -6.01. The molecule has 0 aromatic carbocycles. The monoisotopic (exact) mass is 237 g/mol. The summed E-state index contributed by atoms with van der Waals surface area (Å²) < 4.78 is 0. The van der Waals surface area contributed by atoms with E-state index in [0.717, 1.165) is 0 Å². The van der Waals surface area contributed by atoms with Crippen molar-refractivity contribution in [3.63, 3.8) is 0 Å². The number of carbonyl (C=O) groups is 1. The third kappa shape index (κ3) is 4.86. The highest BCUT2D eigenvalue weighted by atomic mass is 16.4. The number of aliphatic hydroxyl groups excluding tert-OH is 5. The predicted octanol–water partition coefficient (Wildman–Crippen LogP) is -3.05. The number of rotatable bonds is 7. The summed E-state index contributed by atoms with van der Waals surface area (Å²) in [5.74, 6) is -0.302. The minimum atomic E-state index is -1.67. The Morgan fingerprint density at radius 2 is 1.62 bits per heavy atom. The summed E-state index contributed by atoms with van der Waals surface area (Å²) in [6, 6.07) is 0. The van der Waals surface area contributed by atoms with E-state index in [1.165, 1.54) is 0 Å². The average Bonchev–Trinajstić information content (AvgIpc) is 2.32. The summed E-state index contributed by atoms with van der Waals surface area (Å²) in [4.78, 5) is 10.8. The lowest BCUT2D eigenvalue weighted by molar-refractivity contribution is -0.125. The van der Waals surface area contributed by atoms with Crippen molar-refractivity contribution in [2.24, 2.45) is 0 Å². The van der Waals surface area contributed by atoms with Crippen molar-refractivity contribution in [1.82, 2.24) is 5.32 Å². The molecule has 0 aliphatic rings. The molecule has 1 amide bonds. The van der Waals surface area contributed by atoms with Crippen LogP contribution in [0, 0.1) is 0 Å². The van der Waals surface area contributed by atoms with Crippen LogP contribution in [-0.2, 0) is 4.79 Å². The molecule has 6 N–H and O–H groups in total. The molecule has 7 nitrogen and oxygen atoms in total. The molecule has 0 aliphatic heterocycles. The van der Waals surface area contributed by atoms with Crippen molar-refractivity contribution in [3.8, 4) is 0 Å². The highest BCUT2D eigenvalue weighted by Gasteiger charge is 2.29. The van der Waals surface area contributed by atoms with Gasteiger partial charge in [-0.1, -0.05) is 6.92 Å². The standard InChI is InChI=1S/C9H19NO6/c1-2-7(14)10-3-5(12)8(15)9(16)6(13)4-11/h5-6,8-9,11-13,15-16H,2-4H2,1H3,(H,10,14)/t5-,6?,8+,9+/m0/s1. The third-order valence-electron chi connectivity index (χ3n) is 2.15. The van der Waals surface area contributed by atoms with E-state index in [1.54, 1.807) is 6.92 Å². The Labute approximate surface area is 93.3 Å². The Morgan fingerprint density at radius 1 is 1.12 bits per heavy atom. The van der Waals surface area contributed by atoms with Gasteiger partial charge in [-0.15, -0.1) is 0 Å². The van der Waals surface area contributed by atoms with Crippen LogP contribution in [0.3, 0.4) is 0 Å². The van der Waals surface area contributed by atoms with Crippen molar-refractivity contribution >= 4 is 5.91 Å². The maximum atomic E-state index is 10.8. The zero-order chi connectivity index (χ0) is 12.7. The van der Waals surface area contributed by atoms with Crippen LogP contribution < -0.4 is 5.32 Å². The van der Waals surface area contributed by atoms with E-state index in [2.05, 4.69) is 5.32 Å². The minimum absolute atomic E-state index is 0.233.